The fraction of sp³-hybridized carbons (Fsp3) is 0.233. The molecule has 178 valence electrons. The first kappa shape index (κ1) is 24.1. The van der Waals surface area contributed by atoms with Crippen molar-refractivity contribution in [2.24, 2.45) is 0 Å². The maximum absolute atomic E-state index is 13.2. The number of aromatic nitrogens is 2. The standard InChI is InChI=1S/C30H30N2O3/c1-4-35-30(34)26(19-23-15-9-6-10-16-23)24-17-11-12-20(2)27(24)28-31-21(3)25(29(33)32-28)18-22-13-7-5-8-14-22/h5-17,26H,4,18-19H2,1-3H3,(H,31,32,33)/t26-/m0/s1. The maximum atomic E-state index is 13.2. The number of nitrogens with one attached hydrogen (secondary N) is 1. The zero-order valence-electron chi connectivity index (χ0n) is 20.4. The van der Waals surface area contributed by atoms with Crippen molar-refractivity contribution in [1.82, 2.24) is 9.97 Å². The van der Waals surface area contributed by atoms with E-state index < -0.39 is 5.92 Å². The number of H-pyrrole nitrogens is 1. The van der Waals surface area contributed by atoms with E-state index in [-0.39, 0.29) is 11.5 Å². The van der Waals surface area contributed by atoms with Crippen LogP contribution in [0.15, 0.2) is 83.7 Å². The molecule has 0 radical (unpaired) electrons. The smallest absolute Gasteiger partial charge is 0.313 e. The maximum Gasteiger partial charge on any atom is 0.313 e. The van der Waals surface area contributed by atoms with E-state index in [2.05, 4.69) is 4.98 Å². The van der Waals surface area contributed by atoms with Crippen molar-refractivity contribution < 1.29 is 9.53 Å². The summed E-state index contributed by atoms with van der Waals surface area (Å²) in [5.74, 6) is -0.343. The number of hydrogen-bond acceptors (Lipinski definition) is 4. The summed E-state index contributed by atoms with van der Waals surface area (Å²) in [4.78, 5) is 34.1. The fourth-order valence-electron chi connectivity index (χ4n) is 4.45. The normalized spacial score (nSPS) is 11.7. The van der Waals surface area contributed by atoms with Gasteiger partial charge in [-0.15, -0.1) is 0 Å². The van der Waals surface area contributed by atoms with Gasteiger partial charge in [0, 0.05) is 23.2 Å². The van der Waals surface area contributed by atoms with E-state index in [1.54, 1.807) is 0 Å². The largest absolute Gasteiger partial charge is 0.466 e. The minimum atomic E-state index is -0.526. The molecule has 5 nitrogen and oxygen atoms in total. The van der Waals surface area contributed by atoms with Gasteiger partial charge >= 0.3 is 5.97 Å². The molecule has 3 aromatic carbocycles. The Morgan fingerprint density at radius 1 is 0.914 bits per heavy atom. The summed E-state index contributed by atoms with van der Waals surface area (Å²) in [6.45, 7) is 5.94. The average Bonchev–Trinajstić information content (AvgIpc) is 2.86. The first-order valence-corrected chi connectivity index (χ1v) is 11.9. The van der Waals surface area contributed by atoms with Crippen LogP contribution in [0.2, 0.25) is 0 Å². The lowest BCUT2D eigenvalue weighted by Gasteiger charge is -2.21. The average molecular weight is 467 g/mol. The van der Waals surface area contributed by atoms with Crippen LogP contribution >= 0.6 is 0 Å². The number of hydrogen-bond donors (Lipinski definition) is 1. The van der Waals surface area contributed by atoms with Crippen molar-refractivity contribution in [2.75, 3.05) is 6.61 Å². The molecule has 0 aliphatic rings. The number of carbonyl (C=O) groups is 1. The number of rotatable bonds is 8. The van der Waals surface area contributed by atoms with E-state index in [0.717, 1.165) is 27.8 Å². The minimum Gasteiger partial charge on any atom is -0.466 e. The molecule has 0 aliphatic carbocycles. The SMILES string of the molecule is CCOC(=O)[C@@H](Cc1ccccc1)c1cccc(C)c1-c1nc(C)c(Cc2ccccc2)c(=O)[nH]1. The van der Waals surface area contributed by atoms with E-state index in [0.29, 0.717) is 36.5 Å². The van der Waals surface area contributed by atoms with Crippen LogP contribution in [0.25, 0.3) is 11.4 Å². The summed E-state index contributed by atoms with van der Waals surface area (Å²) >= 11 is 0. The van der Waals surface area contributed by atoms with Crippen molar-refractivity contribution >= 4 is 5.97 Å². The van der Waals surface area contributed by atoms with Gasteiger partial charge in [-0.2, -0.15) is 0 Å². The molecule has 4 aromatic rings. The van der Waals surface area contributed by atoms with E-state index >= 15 is 0 Å². The molecular weight excluding hydrogens is 436 g/mol. The van der Waals surface area contributed by atoms with Gasteiger partial charge < -0.3 is 9.72 Å². The first-order valence-electron chi connectivity index (χ1n) is 11.9. The highest BCUT2D eigenvalue weighted by atomic mass is 16.5. The van der Waals surface area contributed by atoms with Gasteiger partial charge in [-0.3, -0.25) is 9.59 Å². The predicted molar refractivity (Wildman–Crippen MR) is 139 cm³/mol. The molecule has 0 amide bonds. The van der Waals surface area contributed by atoms with Gasteiger partial charge in [0.1, 0.15) is 5.82 Å². The van der Waals surface area contributed by atoms with Crippen LogP contribution in [-0.4, -0.2) is 22.5 Å². The number of benzene rings is 3. The molecule has 0 bridgehead atoms. The second-order valence-electron chi connectivity index (χ2n) is 8.67. The van der Waals surface area contributed by atoms with Crippen molar-refractivity contribution in [3.05, 3.63) is 123 Å². The summed E-state index contributed by atoms with van der Waals surface area (Å²) in [7, 11) is 0. The van der Waals surface area contributed by atoms with E-state index in [1.165, 1.54) is 0 Å². The highest BCUT2D eigenvalue weighted by Gasteiger charge is 2.27. The molecule has 0 saturated heterocycles. The molecular formula is C30H30N2O3. The Hall–Kier alpha value is -3.99. The molecule has 1 heterocycles. The first-order chi connectivity index (χ1) is 17.0. The molecule has 0 aliphatic heterocycles. The van der Waals surface area contributed by atoms with Gasteiger partial charge in [0.05, 0.1) is 12.5 Å². The third-order valence-corrected chi connectivity index (χ3v) is 6.22. The van der Waals surface area contributed by atoms with Crippen molar-refractivity contribution in [1.29, 1.82) is 0 Å². The van der Waals surface area contributed by atoms with Crippen LogP contribution in [0.3, 0.4) is 0 Å². The molecule has 0 fully saturated rings. The fourth-order valence-corrected chi connectivity index (χ4v) is 4.45. The van der Waals surface area contributed by atoms with Crippen LogP contribution in [0.4, 0.5) is 0 Å². The highest BCUT2D eigenvalue weighted by Crippen LogP contribution is 2.33. The Kier molecular flexibility index (Phi) is 7.56. The number of carbonyl (C=O) groups excluding carboxylic acids is 1. The van der Waals surface area contributed by atoms with Crippen LogP contribution in [0.5, 0.6) is 0 Å². The van der Waals surface area contributed by atoms with E-state index in [1.807, 2.05) is 99.6 Å². The second-order valence-corrected chi connectivity index (χ2v) is 8.67. The molecule has 0 saturated carbocycles. The third-order valence-electron chi connectivity index (χ3n) is 6.22. The minimum absolute atomic E-state index is 0.165. The zero-order valence-corrected chi connectivity index (χ0v) is 20.4. The van der Waals surface area contributed by atoms with Crippen molar-refractivity contribution in [3.8, 4) is 11.4 Å². The lowest BCUT2D eigenvalue weighted by Crippen LogP contribution is -2.21. The van der Waals surface area contributed by atoms with Gasteiger partial charge in [0.25, 0.3) is 5.56 Å². The molecule has 1 atom stereocenters. The van der Waals surface area contributed by atoms with Crippen LogP contribution in [-0.2, 0) is 22.4 Å². The van der Waals surface area contributed by atoms with Gasteiger partial charge in [-0.25, -0.2) is 4.98 Å². The van der Waals surface area contributed by atoms with Gasteiger partial charge in [0.15, 0.2) is 0 Å². The van der Waals surface area contributed by atoms with Crippen LogP contribution in [0.1, 0.15) is 46.4 Å². The molecule has 1 aromatic heterocycles. The van der Waals surface area contributed by atoms with Gasteiger partial charge in [0.2, 0.25) is 0 Å². The molecule has 35 heavy (non-hydrogen) atoms. The predicted octanol–water partition coefficient (Wildman–Crippen LogP) is 5.53. The quantitative estimate of drug-likeness (QED) is 0.346. The Morgan fingerprint density at radius 2 is 1.57 bits per heavy atom. The zero-order chi connectivity index (χ0) is 24.8. The van der Waals surface area contributed by atoms with Crippen LogP contribution < -0.4 is 5.56 Å². The van der Waals surface area contributed by atoms with Crippen molar-refractivity contribution in [2.45, 2.75) is 39.5 Å². The number of ether oxygens (including phenoxy) is 1. The number of aromatic amines is 1. The van der Waals surface area contributed by atoms with E-state index in [9.17, 15) is 9.59 Å². The second kappa shape index (κ2) is 11.0. The van der Waals surface area contributed by atoms with Crippen LogP contribution in [0, 0.1) is 13.8 Å². The Bertz CT molecular complexity index is 1360. The Labute approximate surface area is 205 Å². The number of nitrogens with zero attached hydrogens (tertiary/aromatic N) is 1. The summed E-state index contributed by atoms with van der Waals surface area (Å²) in [5, 5.41) is 0. The molecule has 0 unspecified atom stereocenters. The third kappa shape index (κ3) is 5.57. The topological polar surface area (TPSA) is 72.0 Å². The van der Waals surface area contributed by atoms with Gasteiger partial charge in [-0.05, 0) is 49.4 Å². The monoisotopic (exact) mass is 466 g/mol. The Balaban J connectivity index is 1.79. The number of esters is 1. The molecule has 4 rings (SSSR count). The van der Waals surface area contributed by atoms with E-state index in [4.69, 9.17) is 9.72 Å². The van der Waals surface area contributed by atoms with Gasteiger partial charge in [-0.1, -0.05) is 78.9 Å². The molecule has 1 N–H and O–H groups in total. The number of aryl methyl sites for hydroxylation is 2. The lowest BCUT2D eigenvalue weighted by atomic mass is 9.86. The highest BCUT2D eigenvalue weighted by molar-refractivity contribution is 5.82. The molecule has 5 heteroatoms. The summed E-state index contributed by atoms with van der Waals surface area (Å²) < 4.78 is 5.46. The summed E-state index contributed by atoms with van der Waals surface area (Å²) in [6, 6.07) is 25.6. The summed E-state index contributed by atoms with van der Waals surface area (Å²) in [5.41, 5.74) is 5.74. The lowest BCUT2D eigenvalue weighted by molar-refractivity contribution is -0.144. The molecule has 0 spiro atoms. The van der Waals surface area contributed by atoms with Crippen molar-refractivity contribution in [3.63, 3.8) is 0 Å². The summed E-state index contributed by atoms with van der Waals surface area (Å²) in [6.07, 6.45) is 1.00. The Morgan fingerprint density at radius 3 is 2.20 bits per heavy atom.